The lowest BCUT2D eigenvalue weighted by Crippen LogP contribution is -2.24. The molecule has 0 aromatic carbocycles. The molecule has 0 aliphatic rings. The maximum absolute atomic E-state index is 11.9. The van der Waals surface area contributed by atoms with Crippen LogP contribution in [0.2, 0.25) is 0 Å². The molecule has 0 saturated heterocycles. The predicted molar refractivity (Wildman–Crippen MR) is 88.9 cm³/mol. The number of hydrogen-bond donors (Lipinski definition) is 1. The number of nitrogens with zero attached hydrogens (tertiary/aromatic N) is 5. The topological polar surface area (TPSA) is 85.6 Å². The van der Waals surface area contributed by atoms with E-state index >= 15 is 0 Å². The van der Waals surface area contributed by atoms with Gasteiger partial charge in [-0.3, -0.25) is 9.78 Å². The summed E-state index contributed by atoms with van der Waals surface area (Å²) in [5.41, 5.74) is 3.02. The van der Waals surface area contributed by atoms with E-state index in [9.17, 15) is 4.79 Å². The van der Waals surface area contributed by atoms with E-state index in [-0.39, 0.29) is 11.7 Å². The molecule has 118 valence electrons. The molecule has 9 heteroatoms. The minimum Gasteiger partial charge on any atom is -0.351 e. The third-order valence-electron chi connectivity index (χ3n) is 3.04. The van der Waals surface area contributed by atoms with Crippen molar-refractivity contribution in [2.45, 2.75) is 11.7 Å². The Labute approximate surface area is 141 Å². The maximum atomic E-state index is 11.9. The van der Waals surface area contributed by atoms with Crippen molar-refractivity contribution in [2.75, 3.05) is 5.75 Å². The first-order valence-electron chi connectivity index (χ1n) is 6.82. The molecule has 0 aliphatic carbocycles. The minimum absolute atomic E-state index is 0.0631. The molecular weight excluding hydrogens is 332 g/mol. The zero-order chi connectivity index (χ0) is 16.1. The Morgan fingerprint density at radius 1 is 1.43 bits per heavy atom. The fourth-order valence-corrected chi connectivity index (χ4v) is 3.21. The lowest BCUT2D eigenvalue weighted by atomic mass is 10.1. The van der Waals surface area contributed by atoms with Crippen LogP contribution < -0.4 is 5.32 Å². The molecule has 0 saturated carbocycles. The molecule has 1 amide bonds. The third kappa shape index (κ3) is 4.14. The standard InChI is InChI=1S/C14H14N6OS2/c1-20-14(17-18-19-20)23-9-13(21)16-7-10-2-4-15-12(6-10)11-3-5-22-8-11/h2-6,8H,7,9H2,1H3,(H,16,21). The van der Waals surface area contributed by atoms with Crippen LogP contribution in [0.5, 0.6) is 0 Å². The summed E-state index contributed by atoms with van der Waals surface area (Å²) in [7, 11) is 1.74. The van der Waals surface area contributed by atoms with Crippen LogP contribution in [0.4, 0.5) is 0 Å². The Morgan fingerprint density at radius 3 is 3.09 bits per heavy atom. The number of carbonyl (C=O) groups is 1. The second-order valence-electron chi connectivity index (χ2n) is 4.71. The van der Waals surface area contributed by atoms with Crippen molar-refractivity contribution in [3.8, 4) is 11.3 Å². The van der Waals surface area contributed by atoms with Crippen LogP contribution in [-0.4, -0.2) is 36.9 Å². The Bertz CT molecular complexity index is 786. The molecular formula is C14H14N6OS2. The van der Waals surface area contributed by atoms with Crippen LogP contribution in [0.15, 0.2) is 40.3 Å². The van der Waals surface area contributed by atoms with Crippen molar-refractivity contribution in [2.24, 2.45) is 7.05 Å². The van der Waals surface area contributed by atoms with Crippen molar-refractivity contribution in [3.63, 3.8) is 0 Å². The maximum Gasteiger partial charge on any atom is 0.230 e. The molecule has 7 nitrogen and oxygen atoms in total. The van der Waals surface area contributed by atoms with Gasteiger partial charge in [-0.2, -0.15) is 11.3 Å². The molecule has 3 rings (SSSR count). The largest absolute Gasteiger partial charge is 0.351 e. The molecule has 0 bridgehead atoms. The lowest BCUT2D eigenvalue weighted by Gasteiger charge is -2.06. The van der Waals surface area contributed by atoms with Crippen molar-refractivity contribution >= 4 is 29.0 Å². The van der Waals surface area contributed by atoms with Crippen LogP contribution in [0, 0.1) is 0 Å². The van der Waals surface area contributed by atoms with E-state index < -0.39 is 0 Å². The molecule has 0 unspecified atom stereocenters. The van der Waals surface area contributed by atoms with Gasteiger partial charge in [0.1, 0.15) is 0 Å². The molecule has 23 heavy (non-hydrogen) atoms. The van der Waals surface area contributed by atoms with Gasteiger partial charge in [0.15, 0.2) is 0 Å². The quantitative estimate of drug-likeness (QED) is 0.684. The summed E-state index contributed by atoms with van der Waals surface area (Å²) in [5, 5.41) is 18.6. The Morgan fingerprint density at radius 2 is 2.35 bits per heavy atom. The van der Waals surface area contributed by atoms with Crippen molar-refractivity contribution in [3.05, 3.63) is 40.7 Å². The smallest absolute Gasteiger partial charge is 0.230 e. The van der Waals surface area contributed by atoms with Gasteiger partial charge in [-0.05, 0) is 39.6 Å². The lowest BCUT2D eigenvalue weighted by molar-refractivity contribution is -0.118. The van der Waals surface area contributed by atoms with Crippen molar-refractivity contribution in [1.29, 1.82) is 0 Å². The highest BCUT2D eigenvalue weighted by molar-refractivity contribution is 7.99. The number of thiophene rings is 1. The summed E-state index contributed by atoms with van der Waals surface area (Å²) in [5.74, 6) is 0.211. The number of aryl methyl sites for hydroxylation is 1. The van der Waals surface area contributed by atoms with Crippen LogP contribution in [0.1, 0.15) is 5.56 Å². The van der Waals surface area contributed by atoms with Crippen LogP contribution in [0.25, 0.3) is 11.3 Å². The van der Waals surface area contributed by atoms with Gasteiger partial charge in [0.25, 0.3) is 0 Å². The predicted octanol–water partition coefficient (Wildman–Crippen LogP) is 1.74. The molecule has 3 aromatic heterocycles. The summed E-state index contributed by atoms with van der Waals surface area (Å²) >= 11 is 2.94. The van der Waals surface area contributed by atoms with Crippen LogP contribution in [0.3, 0.4) is 0 Å². The van der Waals surface area contributed by atoms with E-state index in [0.717, 1.165) is 16.8 Å². The summed E-state index contributed by atoms with van der Waals surface area (Å²) < 4.78 is 1.54. The summed E-state index contributed by atoms with van der Waals surface area (Å²) in [4.78, 5) is 16.3. The third-order valence-corrected chi connectivity index (χ3v) is 4.74. The fraction of sp³-hybridized carbons (Fsp3) is 0.214. The average Bonchev–Trinajstić information content (AvgIpc) is 3.23. The normalized spacial score (nSPS) is 10.7. The van der Waals surface area contributed by atoms with Gasteiger partial charge in [-0.15, -0.1) is 5.10 Å². The summed E-state index contributed by atoms with van der Waals surface area (Å²) in [6.07, 6.45) is 1.76. The van der Waals surface area contributed by atoms with Crippen molar-refractivity contribution < 1.29 is 4.79 Å². The Hall–Kier alpha value is -2.26. The summed E-state index contributed by atoms with van der Waals surface area (Å²) in [6, 6.07) is 5.92. The zero-order valence-corrected chi connectivity index (χ0v) is 14.0. The molecule has 3 aromatic rings. The van der Waals surface area contributed by atoms with Gasteiger partial charge >= 0.3 is 0 Å². The first-order valence-corrected chi connectivity index (χ1v) is 8.74. The van der Waals surface area contributed by atoms with E-state index in [1.165, 1.54) is 16.4 Å². The molecule has 0 spiro atoms. The van der Waals surface area contributed by atoms with Crippen LogP contribution in [-0.2, 0) is 18.4 Å². The van der Waals surface area contributed by atoms with Gasteiger partial charge in [0.2, 0.25) is 11.1 Å². The number of carbonyl (C=O) groups excluding carboxylic acids is 1. The number of amides is 1. The van der Waals surface area contributed by atoms with Crippen molar-refractivity contribution in [1.82, 2.24) is 30.5 Å². The van der Waals surface area contributed by atoms with Crippen LogP contribution >= 0.6 is 23.1 Å². The number of tetrazole rings is 1. The van der Waals surface area contributed by atoms with Gasteiger partial charge < -0.3 is 5.32 Å². The van der Waals surface area contributed by atoms with E-state index in [2.05, 4.69) is 31.2 Å². The highest BCUT2D eigenvalue weighted by Crippen LogP contribution is 2.20. The van der Waals surface area contributed by atoms with Gasteiger partial charge in [0, 0.05) is 30.7 Å². The molecule has 1 N–H and O–H groups in total. The molecule has 0 fully saturated rings. The number of thioether (sulfide) groups is 1. The zero-order valence-electron chi connectivity index (χ0n) is 12.3. The second-order valence-corrected chi connectivity index (χ2v) is 6.43. The van der Waals surface area contributed by atoms with E-state index in [4.69, 9.17) is 0 Å². The van der Waals surface area contributed by atoms with E-state index in [1.807, 2.05) is 23.6 Å². The number of aromatic nitrogens is 5. The molecule has 3 heterocycles. The molecule has 0 aliphatic heterocycles. The fourth-order valence-electron chi connectivity index (χ4n) is 1.88. The second kappa shape index (κ2) is 7.34. The number of hydrogen-bond acceptors (Lipinski definition) is 7. The number of nitrogens with one attached hydrogen (secondary N) is 1. The van der Waals surface area contributed by atoms with Gasteiger partial charge in [-0.1, -0.05) is 11.8 Å². The highest BCUT2D eigenvalue weighted by atomic mass is 32.2. The van der Waals surface area contributed by atoms with Gasteiger partial charge in [0.05, 0.1) is 11.4 Å². The Balaban J connectivity index is 1.53. The van der Waals surface area contributed by atoms with Gasteiger partial charge in [-0.25, -0.2) is 4.68 Å². The molecule has 0 radical (unpaired) electrons. The summed E-state index contributed by atoms with van der Waals surface area (Å²) in [6.45, 7) is 0.468. The number of rotatable bonds is 6. The minimum atomic E-state index is -0.0631. The monoisotopic (exact) mass is 346 g/mol. The number of pyridine rings is 1. The Kier molecular flexibility index (Phi) is 4.99. The highest BCUT2D eigenvalue weighted by Gasteiger charge is 2.08. The van der Waals surface area contributed by atoms with E-state index in [0.29, 0.717) is 11.7 Å². The first kappa shape index (κ1) is 15.6. The molecule has 0 atom stereocenters. The van der Waals surface area contributed by atoms with E-state index in [1.54, 1.807) is 24.6 Å². The SMILES string of the molecule is Cn1nnnc1SCC(=O)NCc1ccnc(-c2ccsc2)c1. The average molecular weight is 346 g/mol. The first-order chi connectivity index (χ1) is 11.2.